The van der Waals surface area contributed by atoms with Gasteiger partial charge in [0.2, 0.25) is 0 Å². The summed E-state index contributed by atoms with van der Waals surface area (Å²) in [5.41, 5.74) is 1.86. The number of hydrogen-bond donors (Lipinski definition) is 1. The Morgan fingerprint density at radius 3 is 2.25 bits per heavy atom. The van der Waals surface area contributed by atoms with Crippen molar-refractivity contribution in [2.45, 2.75) is 39.3 Å². The van der Waals surface area contributed by atoms with Gasteiger partial charge < -0.3 is 19.9 Å². The molecule has 1 fully saturated rings. The van der Waals surface area contributed by atoms with Gasteiger partial charge in [-0.3, -0.25) is 9.79 Å². The van der Waals surface area contributed by atoms with Crippen molar-refractivity contribution < 1.29 is 9.53 Å². The second-order valence-corrected chi connectivity index (χ2v) is 7.69. The number of nitrogens with one attached hydrogen (secondary N) is 1. The maximum absolute atomic E-state index is 12.5. The molecule has 0 saturated carbocycles. The summed E-state index contributed by atoms with van der Waals surface area (Å²) in [7, 11) is 1.82. The fraction of sp³-hybridized carbons (Fsp3) is 0.440. The predicted octanol–water partition coefficient (Wildman–Crippen LogP) is 4.41. The minimum Gasteiger partial charge on any atom is -0.490 e. The molecule has 6 nitrogen and oxygen atoms in total. The van der Waals surface area contributed by atoms with Crippen LogP contribution in [0.15, 0.2) is 59.6 Å². The normalized spacial score (nSPS) is 14.5. The molecule has 32 heavy (non-hydrogen) atoms. The Labute approximate surface area is 209 Å². The Morgan fingerprint density at radius 2 is 1.69 bits per heavy atom. The van der Waals surface area contributed by atoms with Crippen LogP contribution in [0.3, 0.4) is 0 Å². The number of rotatable bonds is 7. The number of guanidine groups is 1. The Hall–Kier alpha value is -2.29. The molecule has 2 aromatic rings. The van der Waals surface area contributed by atoms with E-state index in [0.717, 1.165) is 61.9 Å². The zero-order valence-electron chi connectivity index (χ0n) is 19.3. The summed E-state index contributed by atoms with van der Waals surface area (Å²) in [6, 6.07) is 17.9. The van der Waals surface area contributed by atoms with Crippen LogP contribution >= 0.6 is 24.0 Å². The highest BCUT2D eigenvalue weighted by molar-refractivity contribution is 14.0. The second-order valence-electron chi connectivity index (χ2n) is 7.69. The Balaban J connectivity index is 0.00000363. The first-order chi connectivity index (χ1) is 15.1. The van der Waals surface area contributed by atoms with Crippen molar-refractivity contribution in [2.75, 3.05) is 33.2 Å². The molecular weight excluding hydrogens is 515 g/mol. The smallest absolute Gasteiger partial charge is 0.253 e. The highest BCUT2D eigenvalue weighted by Crippen LogP contribution is 2.18. The molecule has 0 atom stereocenters. The van der Waals surface area contributed by atoms with Crippen molar-refractivity contribution in [1.29, 1.82) is 0 Å². The molecule has 0 aliphatic carbocycles. The molecule has 1 aliphatic heterocycles. The maximum atomic E-state index is 12.5. The summed E-state index contributed by atoms with van der Waals surface area (Å²) >= 11 is 0. The number of para-hydroxylation sites is 1. The average molecular weight is 550 g/mol. The molecule has 7 heteroatoms. The van der Waals surface area contributed by atoms with E-state index in [1.165, 1.54) is 0 Å². The van der Waals surface area contributed by atoms with Crippen LogP contribution in [0, 0.1) is 0 Å². The van der Waals surface area contributed by atoms with Gasteiger partial charge in [-0.1, -0.05) is 30.3 Å². The lowest BCUT2D eigenvalue weighted by molar-refractivity contribution is 0.0773. The number of aliphatic imine (C=N–C) groups is 1. The van der Waals surface area contributed by atoms with E-state index in [2.05, 4.69) is 15.2 Å². The summed E-state index contributed by atoms with van der Waals surface area (Å²) in [5, 5.41) is 3.45. The first kappa shape index (κ1) is 26.0. The Morgan fingerprint density at radius 1 is 1.06 bits per heavy atom. The van der Waals surface area contributed by atoms with Crippen LogP contribution in [0.5, 0.6) is 5.75 Å². The third-order valence-corrected chi connectivity index (χ3v) is 5.70. The molecule has 0 bridgehead atoms. The van der Waals surface area contributed by atoms with Crippen LogP contribution in [0.1, 0.15) is 42.6 Å². The molecule has 2 aromatic carbocycles. The zero-order chi connectivity index (χ0) is 22.1. The summed E-state index contributed by atoms with van der Waals surface area (Å²) in [6.07, 6.45) is 2.18. The van der Waals surface area contributed by atoms with E-state index >= 15 is 0 Å². The van der Waals surface area contributed by atoms with Gasteiger partial charge in [-0.05, 0) is 43.7 Å². The molecule has 0 unspecified atom stereocenters. The number of ether oxygens (including phenoxy) is 1. The summed E-state index contributed by atoms with van der Waals surface area (Å²) < 4.78 is 6.09. The number of hydrogen-bond acceptors (Lipinski definition) is 3. The van der Waals surface area contributed by atoms with E-state index in [9.17, 15) is 4.79 Å². The first-order valence-corrected chi connectivity index (χ1v) is 11.2. The molecule has 1 amide bonds. The summed E-state index contributed by atoms with van der Waals surface area (Å²) in [4.78, 5) is 21.0. The number of halogens is 1. The van der Waals surface area contributed by atoms with Gasteiger partial charge >= 0.3 is 0 Å². The first-order valence-electron chi connectivity index (χ1n) is 11.2. The van der Waals surface area contributed by atoms with Crippen LogP contribution in [-0.2, 0) is 6.54 Å². The van der Waals surface area contributed by atoms with Crippen molar-refractivity contribution >= 4 is 35.8 Å². The van der Waals surface area contributed by atoms with Gasteiger partial charge in [0.25, 0.3) is 5.91 Å². The lowest BCUT2D eigenvalue weighted by Gasteiger charge is -2.34. The van der Waals surface area contributed by atoms with Gasteiger partial charge in [-0.25, -0.2) is 0 Å². The molecular formula is C25H35IN4O2. The number of amides is 1. The molecule has 0 radical (unpaired) electrons. The van der Waals surface area contributed by atoms with E-state index in [1.807, 2.05) is 80.4 Å². The summed E-state index contributed by atoms with van der Waals surface area (Å²) in [6.45, 7) is 7.95. The van der Waals surface area contributed by atoms with E-state index in [0.29, 0.717) is 6.54 Å². The number of carbonyl (C=O) groups is 1. The van der Waals surface area contributed by atoms with Gasteiger partial charge in [0.15, 0.2) is 5.96 Å². The highest BCUT2D eigenvalue weighted by atomic mass is 127. The third-order valence-electron chi connectivity index (χ3n) is 5.70. The van der Waals surface area contributed by atoms with E-state index in [1.54, 1.807) is 0 Å². The number of nitrogens with zero attached hydrogens (tertiary/aromatic N) is 3. The fourth-order valence-corrected chi connectivity index (χ4v) is 3.85. The standard InChI is InChI=1S/C25H34N4O2.HI/c1-4-28(5-2)24(30)21-13-11-20(12-14-21)19-27-25(26-3)29-17-15-23(16-18-29)31-22-9-7-6-8-10-22;/h6-14,23H,4-5,15-19H2,1-3H3,(H,26,27);1H. The van der Waals surface area contributed by atoms with Crippen LogP contribution in [0.4, 0.5) is 0 Å². The maximum Gasteiger partial charge on any atom is 0.253 e. The quantitative estimate of drug-likeness (QED) is 0.316. The van der Waals surface area contributed by atoms with Gasteiger partial charge in [0.05, 0.1) is 0 Å². The number of likely N-dealkylation sites (tertiary alicyclic amines) is 1. The minimum absolute atomic E-state index is 0. The van der Waals surface area contributed by atoms with Crippen molar-refractivity contribution in [1.82, 2.24) is 15.1 Å². The topological polar surface area (TPSA) is 57.2 Å². The third kappa shape index (κ3) is 7.12. The Kier molecular flexibility index (Phi) is 10.8. The minimum atomic E-state index is 0. The number of benzene rings is 2. The average Bonchev–Trinajstić information content (AvgIpc) is 2.82. The SMILES string of the molecule is CCN(CC)C(=O)c1ccc(CNC(=NC)N2CCC(Oc3ccccc3)CC2)cc1.I. The number of piperidine rings is 1. The van der Waals surface area contributed by atoms with Crippen molar-refractivity contribution in [3.05, 3.63) is 65.7 Å². The van der Waals surface area contributed by atoms with Gasteiger partial charge in [-0.2, -0.15) is 0 Å². The molecule has 3 rings (SSSR count). The van der Waals surface area contributed by atoms with E-state index in [4.69, 9.17) is 4.74 Å². The van der Waals surface area contributed by atoms with Crippen LogP contribution in [0.25, 0.3) is 0 Å². The van der Waals surface area contributed by atoms with Gasteiger partial charge in [0.1, 0.15) is 11.9 Å². The van der Waals surface area contributed by atoms with Crippen LogP contribution in [-0.4, -0.2) is 61.0 Å². The molecule has 1 saturated heterocycles. The van der Waals surface area contributed by atoms with Crippen LogP contribution in [0.2, 0.25) is 0 Å². The molecule has 1 aliphatic rings. The highest BCUT2D eigenvalue weighted by Gasteiger charge is 2.22. The lowest BCUT2D eigenvalue weighted by atomic mass is 10.1. The fourth-order valence-electron chi connectivity index (χ4n) is 3.85. The molecule has 1 N–H and O–H groups in total. The van der Waals surface area contributed by atoms with Gasteiger partial charge in [0, 0.05) is 58.2 Å². The molecule has 0 spiro atoms. The molecule has 174 valence electrons. The summed E-state index contributed by atoms with van der Waals surface area (Å²) in [5.74, 6) is 1.92. The second kappa shape index (κ2) is 13.3. The number of carbonyl (C=O) groups excluding carboxylic acids is 1. The van der Waals surface area contributed by atoms with E-state index < -0.39 is 0 Å². The van der Waals surface area contributed by atoms with E-state index in [-0.39, 0.29) is 36.0 Å². The predicted molar refractivity (Wildman–Crippen MR) is 141 cm³/mol. The lowest BCUT2D eigenvalue weighted by Crippen LogP contribution is -2.47. The van der Waals surface area contributed by atoms with Crippen LogP contribution < -0.4 is 10.1 Å². The molecule has 0 aromatic heterocycles. The zero-order valence-corrected chi connectivity index (χ0v) is 21.6. The van der Waals surface area contributed by atoms with Crippen molar-refractivity contribution in [2.24, 2.45) is 4.99 Å². The largest absolute Gasteiger partial charge is 0.490 e. The van der Waals surface area contributed by atoms with Crippen molar-refractivity contribution in [3.8, 4) is 5.75 Å². The van der Waals surface area contributed by atoms with Crippen molar-refractivity contribution in [3.63, 3.8) is 0 Å². The molecule has 1 heterocycles. The monoisotopic (exact) mass is 550 g/mol. The Bertz CT molecular complexity index is 846. The van der Waals surface area contributed by atoms with Gasteiger partial charge in [-0.15, -0.1) is 24.0 Å².